The van der Waals surface area contributed by atoms with E-state index in [-0.39, 0.29) is 5.82 Å². The van der Waals surface area contributed by atoms with Gasteiger partial charge in [-0.25, -0.2) is 4.39 Å². The molecule has 0 saturated carbocycles. The maximum Gasteiger partial charge on any atom is 0.169 e. The van der Waals surface area contributed by atoms with Gasteiger partial charge in [0.2, 0.25) is 0 Å². The van der Waals surface area contributed by atoms with Gasteiger partial charge < -0.3 is 10.3 Å². The van der Waals surface area contributed by atoms with Crippen LogP contribution in [0.1, 0.15) is 5.56 Å². The minimum absolute atomic E-state index is 0.271. The van der Waals surface area contributed by atoms with Crippen molar-refractivity contribution in [2.24, 2.45) is 0 Å². The van der Waals surface area contributed by atoms with Crippen LogP contribution in [0.2, 0.25) is 0 Å². The fourth-order valence-corrected chi connectivity index (χ4v) is 1.92. The van der Waals surface area contributed by atoms with Crippen LogP contribution < -0.4 is 5.73 Å². The average molecular weight is 242 g/mol. The highest BCUT2D eigenvalue weighted by Crippen LogP contribution is 2.30. The molecule has 2 N–H and O–H groups in total. The van der Waals surface area contributed by atoms with E-state index in [4.69, 9.17) is 10.3 Å². The number of aryl methyl sites for hydroxylation is 1. The quantitative estimate of drug-likeness (QED) is 0.664. The van der Waals surface area contributed by atoms with Gasteiger partial charge in [0, 0.05) is 17.3 Å². The van der Waals surface area contributed by atoms with Gasteiger partial charge in [0.15, 0.2) is 5.58 Å². The molecular formula is C14H11FN2O. The van der Waals surface area contributed by atoms with E-state index in [1.54, 1.807) is 18.2 Å². The number of anilines is 1. The number of benzene rings is 2. The molecule has 0 aliphatic heterocycles. The summed E-state index contributed by atoms with van der Waals surface area (Å²) in [5, 5.41) is 4.91. The molecule has 3 aromatic rings. The Morgan fingerprint density at radius 2 is 1.89 bits per heavy atom. The number of halogens is 1. The fourth-order valence-electron chi connectivity index (χ4n) is 1.92. The van der Waals surface area contributed by atoms with Crippen molar-refractivity contribution in [1.29, 1.82) is 0 Å². The molecule has 4 heteroatoms. The Kier molecular flexibility index (Phi) is 2.30. The first kappa shape index (κ1) is 10.8. The van der Waals surface area contributed by atoms with Gasteiger partial charge in [-0.05, 0) is 42.8 Å². The van der Waals surface area contributed by atoms with Crippen molar-refractivity contribution in [2.45, 2.75) is 6.92 Å². The molecule has 2 aromatic carbocycles. The Hall–Kier alpha value is -2.36. The van der Waals surface area contributed by atoms with Crippen LogP contribution in [0.15, 0.2) is 40.9 Å². The van der Waals surface area contributed by atoms with Crippen molar-refractivity contribution in [1.82, 2.24) is 5.16 Å². The van der Waals surface area contributed by atoms with Gasteiger partial charge in [-0.15, -0.1) is 0 Å². The van der Waals surface area contributed by atoms with Crippen LogP contribution in [0.25, 0.3) is 22.2 Å². The molecule has 90 valence electrons. The first-order chi connectivity index (χ1) is 8.65. The smallest absolute Gasteiger partial charge is 0.169 e. The third-order valence-corrected chi connectivity index (χ3v) is 2.98. The number of nitrogens with zero attached hydrogens (tertiary/aromatic N) is 1. The van der Waals surface area contributed by atoms with E-state index < -0.39 is 0 Å². The lowest BCUT2D eigenvalue weighted by Crippen LogP contribution is -1.88. The molecule has 0 saturated heterocycles. The highest BCUT2D eigenvalue weighted by molar-refractivity contribution is 5.93. The monoisotopic (exact) mass is 242 g/mol. The largest absolute Gasteiger partial charge is 0.398 e. The highest BCUT2D eigenvalue weighted by Gasteiger charge is 2.11. The normalized spacial score (nSPS) is 11.0. The number of rotatable bonds is 1. The van der Waals surface area contributed by atoms with Crippen LogP contribution in [-0.2, 0) is 0 Å². The van der Waals surface area contributed by atoms with Crippen LogP contribution in [0.4, 0.5) is 10.1 Å². The molecule has 0 atom stereocenters. The van der Waals surface area contributed by atoms with Crippen molar-refractivity contribution in [2.75, 3.05) is 5.73 Å². The number of nitrogens with two attached hydrogens (primary N) is 1. The van der Waals surface area contributed by atoms with Gasteiger partial charge >= 0.3 is 0 Å². The van der Waals surface area contributed by atoms with Crippen molar-refractivity contribution in [3.63, 3.8) is 0 Å². The molecular weight excluding hydrogens is 231 g/mol. The SMILES string of the molecule is Cc1cc2c(-c3ccc(F)cc3)noc2cc1N. The van der Waals surface area contributed by atoms with Crippen LogP contribution in [0.5, 0.6) is 0 Å². The lowest BCUT2D eigenvalue weighted by molar-refractivity contribution is 0.459. The van der Waals surface area contributed by atoms with Crippen molar-refractivity contribution >= 4 is 16.7 Å². The van der Waals surface area contributed by atoms with Crippen molar-refractivity contribution in [3.8, 4) is 11.3 Å². The summed E-state index contributed by atoms with van der Waals surface area (Å²) in [6.45, 7) is 1.93. The Labute approximate surface area is 103 Å². The van der Waals surface area contributed by atoms with E-state index in [0.717, 1.165) is 16.5 Å². The fraction of sp³-hybridized carbons (Fsp3) is 0.0714. The zero-order valence-corrected chi connectivity index (χ0v) is 9.77. The van der Waals surface area contributed by atoms with E-state index in [1.165, 1.54) is 12.1 Å². The molecule has 0 aliphatic rings. The number of hydrogen-bond acceptors (Lipinski definition) is 3. The summed E-state index contributed by atoms with van der Waals surface area (Å²) in [4.78, 5) is 0. The van der Waals surface area contributed by atoms with Crippen LogP contribution in [-0.4, -0.2) is 5.16 Å². The molecule has 0 amide bonds. The van der Waals surface area contributed by atoms with E-state index >= 15 is 0 Å². The molecule has 0 radical (unpaired) electrons. The molecule has 0 fully saturated rings. The van der Waals surface area contributed by atoms with Crippen molar-refractivity contribution in [3.05, 3.63) is 47.8 Å². The molecule has 3 nitrogen and oxygen atoms in total. The van der Waals surface area contributed by atoms with E-state index in [2.05, 4.69) is 5.16 Å². The topological polar surface area (TPSA) is 52.0 Å². The lowest BCUT2D eigenvalue weighted by atomic mass is 10.1. The number of hydrogen-bond donors (Lipinski definition) is 1. The summed E-state index contributed by atoms with van der Waals surface area (Å²) in [6, 6.07) is 9.85. The minimum atomic E-state index is -0.271. The van der Waals surface area contributed by atoms with Crippen molar-refractivity contribution < 1.29 is 8.91 Å². The molecule has 0 unspecified atom stereocenters. The second-order valence-corrected chi connectivity index (χ2v) is 4.24. The number of fused-ring (bicyclic) bond motifs is 1. The lowest BCUT2D eigenvalue weighted by Gasteiger charge is -2.00. The predicted molar refractivity (Wildman–Crippen MR) is 68.6 cm³/mol. The highest BCUT2D eigenvalue weighted by atomic mass is 19.1. The first-order valence-electron chi connectivity index (χ1n) is 5.56. The second-order valence-electron chi connectivity index (χ2n) is 4.24. The summed E-state index contributed by atoms with van der Waals surface area (Å²) < 4.78 is 18.1. The van der Waals surface area contributed by atoms with Gasteiger partial charge in [0.05, 0.1) is 5.39 Å². The maximum atomic E-state index is 12.9. The van der Waals surface area contributed by atoms with Crippen LogP contribution >= 0.6 is 0 Å². The van der Waals surface area contributed by atoms with E-state index in [0.29, 0.717) is 17.0 Å². The molecule has 1 heterocycles. The predicted octanol–water partition coefficient (Wildman–Crippen LogP) is 3.52. The van der Waals surface area contributed by atoms with Gasteiger partial charge in [-0.2, -0.15) is 0 Å². The summed E-state index contributed by atoms with van der Waals surface area (Å²) in [6.07, 6.45) is 0. The van der Waals surface area contributed by atoms with E-state index in [9.17, 15) is 4.39 Å². The Bertz CT molecular complexity index is 716. The second kappa shape index (κ2) is 3.84. The van der Waals surface area contributed by atoms with Crippen LogP contribution in [0, 0.1) is 12.7 Å². The Balaban J connectivity index is 2.23. The molecule has 0 aliphatic carbocycles. The minimum Gasteiger partial charge on any atom is -0.398 e. The number of nitrogen functional groups attached to an aromatic ring is 1. The summed E-state index contributed by atoms with van der Waals surface area (Å²) in [5.41, 5.74) is 9.61. The standard InChI is InChI=1S/C14H11FN2O/c1-8-6-11-13(7-12(8)16)18-17-14(11)9-2-4-10(15)5-3-9/h2-7H,16H2,1H3. The third kappa shape index (κ3) is 1.62. The molecule has 3 rings (SSSR count). The maximum absolute atomic E-state index is 12.9. The van der Waals surface area contributed by atoms with Gasteiger partial charge in [0.25, 0.3) is 0 Å². The molecule has 0 spiro atoms. The zero-order chi connectivity index (χ0) is 12.7. The van der Waals surface area contributed by atoms with E-state index in [1.807, 2.05) is 13.0 Å². The molecule has 0 bridgehead atoms. The Morgan fingerprint density at radius 1 is 1.17 bits per heavy atom. The average Bonchev–Trinajstić information content (AvgIpc) is 2.74. The zero-order valence-electron chi connectivity index (χ0n) is 9.77. The summed E-state index contributed by atoms with van der Waals surface area (Å²) in [7, 11) is 0. The summed E-state index contributed by atoms with van der Waals surface area (Å²) >= 11 is 0. The van der Waals surface area contributed by atoms with Gasteiger partial charge in [0.1, 0.15) is 11.5 Å². The first-order valence-corrected chi connectivity index (χ1v) is 5.56. The van der Waals surface area contributed by atoms with Gasteiger partial charge in [-0.3, -0.25) is 0 Å². The molecule has 18 heavy (non-hydrogen) atoms. The third-order valence-electron chi connectivity index (χ3n) is 2.98. The van der Waals surface area contributed by atoms with Crippen LogP contribution in [0.3, 0.4) is 0 Å². The number of aromatic nitrogens is 1. The molecule has 1 aromatic heterocycles. The Morgan fingerprint density at radius 3 is 2.61 bits per heavy atom. The summed E-state index contributed by atoms with van der Waals surface area (Å²) in [5.74, 6) is -0.271. The van der Waals surface area contributed by atoms with Gasteiger partial charge in [-0.1, -0.05) is 5.16 Å².